The van der Waals surface area contributed by atoms with Crippen LogP contribution in [0.25, 0.3) is 0 Å². The lowest BCUT2D eigenvalue weighted by atomic mass is 9.63. The number of nitrogens with zero attached hydrogens (tertiary/aromatic N) is 2. The molecule has 0 bridgehead atoms. The zero-order valence-corrected chi connectivity index (χ0v) is 22.6. The van der Waals surface area contributed by atoms with Gasteiger partial charge in [0.2, 0.25) is 0 Å². The Bertz CT molecular complexity index is 1380. The summed E-state index contributed by atoms with van der Waals surface area (Å²) in [6.45, 7) is 0. The maximum absolute atomic E-state index is 14.2. The molecule has 0 aliphatic carbocycles. The lowest BCUT2D eigenvalue weighted by Gasteiger charge is -2.36. The highest BCUT2D eigenvalue weighted by Gasteiger charge is 2.55. The number of benzene rings is 4. The SMILES string of the molecule is COc1cccc(C[C@@]2(C(c3ccc(N(C)C)cc3)c3ccc(N(C)C)cc3)C(=O)Oc3ccccc32)c1. The molecule has 0 radical (unpaired) electrons. The van der Waals surface area contributed by atoms with Gasteiger partial charge in [-0.15, -0.1) is 0 Å². The van der Waals surface area contributed by atoms with E-state index in [0.29, 0.717) is 12.2 Å². The quantitative estimate of drug-likeness (QED) is 0.215. The van der Waals surface area contributed by atoms with Gasteiger partial charge in [-0.25, -0.2) is 0 Å². The minimum atomic E-state index is -0.970. The first-order valence-corrected chi connectivity index (χ1v) is 12.8. The van der Waals surface area contributed by atoms with Gasteiger partial charge >= 0.3 is 5.97 Å². The van der Waals surface area contributed by atoms with Gasteiger partial charge in [-0.05, 0) is 65.6 Å². The minimum absolute atomic E-state index is 0.236. The number of anilines is 2. The van der Waals surface area contributed by atoms with Crippen LogP contribution in [0, 0.1) is 0 Å². The van der Waals surface area contributed by atoms with E-state index < -0.39 is 5.41 Å². The first-order chi connectivity index (χ1) is 18.3. The summed E-state index contributed by atoms with van der Waals surface area (Å²) in [4.78, 5) is 18.3. The normalized spacial score (nSPS) is 16.2. The van der Waals surface area contributed by atoms with Crippen LogP contribution in [0.15, 0.2) is 97.1 Å². The van der Waals surface area contributed by atoms with E-state index in [1.54, 1.807) is 7.11 Å². The maximum atomic E-state index is 14.2. The van der Waals surface area contributed by atoms with Crippen molar-refractivity contribution in [1.29, 1.82) is 0 Å². The van der Waals surface area contributed by atoms with Crippen LogP contribution in [-0.2, 0) is 16.6 Å². The molecule has 4 aromatic carbocycles. The molecule has 0 fully saturated rings. The lowest BCUT2D eigenvalue weighted by Crippen LogP contribution is -2.42. The molecular formula is C33H34N2O3. The van der Waals surface area contributed by atoms with E-state index in [4.69, 9.17) is 9.47 Å². The Hall–Kier alpha value is -4.25. The number of hydrogen-bond acceptors (Lipinski definition) is 5. The molecule has 5 heteroatoms. The lowest BCUT2D eigenvalue weighted by molar-refractivity contribution is -0.138. The Morgan fingerprint density at radius 1 is 0.763 bits per heavy atom. The van der Waals surface area contributed by atoms with E-state index in [0.717, 1.165) is 39.4 Å². The van der Waals surface area contributed by atoms with Crippen LogP contribution in [-0.4, -0.2) is 41.3 Å². The van der Waals surface area contributed by atoms with Crippen molar-refractivity contribution in [1.82, 2.24) is 0 Å². The van der Waals surface area contributed by atoms with Crippen molar-refractivity contribution in [3.05, 3.63) is 119 Å². The predicted octanol–water partition coefficient (Wildman–Crippen LogP) is 6.06. The number of rotatable bonds is 8. The standard InChI is InChI=1S/C33H34N2O3/c1-34(2)26-17-13-24(14-18-26)31(25-15-19-27(20-16-25)35(3)4)33(22-23-9-8-10-28(21-23)37-5)29-11-6-7-12-30(29)38-32(33)36/h6-21,31H,22H2,1-5H3/t33-/m1/s1. The van der Waals surface area contributed by atoms with E-state index in [1.807, 2.05) is 70.7 Å². The van der Waals surface area contributed by atoms with E-state index in [9.17, 15) is 4.79 Å². The largest absolute Gasteiger partial charge is 0.497 e. The van der Waals surface area contributed by atoms with Gasteiger partial charge in [0.25, 0.3) is 0 Å². The maximum Gasteiger partial charge on any atom is 0.323 e. The average Bonchev–Trinajstić information content (AvgIpc) is 3.20. The first kappa shape index (κ1) is 25.4. The van der Waals surface area contributed by atoms with Gasteiger partial charge < -0.3 is 19.3 Å². The molecule has 4 aromatic rings. The number of fused-ring (bicyclic) bond motifs is 1. The Morgan fingerprint density at radius 2 is 1.34 bits per heavy atom. The molecule has 0 spiro atoms. The Labute approximate surface area is 225 Å². The van der Waals surface area contributed by atoms with Gasteiger partial charge in [0.15, 0.2) is 0 Å². The molecule has 1 aliphatic rings. The highest BCUT2D eigenvalue weighted by Crippen LogP contribution is 2.53. The van der Waals surface area contributed by atoms with E-state index in [-0.39, 0.29) is 11.9 Å². The van der Waals surface area contributed by atoms with Crippen LogP contribution in [0.2, 0.25) is 0 Å². The zero-order chi connectivity index (χ0) is 26.9. The van der Waals surface area contributed by atoms with E-state index in [2.05, 4.69) is 64.4 Å². The van der Waals surface area contributed by atoms with Crippen molar-refractivity contribution in [2.45, 2.75) is 17.8 Å². The topological polar surface area (TPSA) is 42.0 Å². The molecule has 0 amide bonds. The fourth-order valence-corrected chi connectivity index (χ4v) is 5.56. The van der Waals surface area contributed by atoms with E-state index in [1.165, 1.54) is 0 Å². The second kappa shape index (κ2) is 10.3. The molecule has 0 aromatic heterocycles. The van der Waals surface area contributed by atoms with Gasteiger partial charge in [0.1, 0.15) is 16.9 Å². The number of ether oxygens (including phenoxy) is 2. The summed E-state index contributed by atoms with van der Waals surface area (Å²) in [5.74, 6) is 0.872. The van der Waals surface area contributed by atoms with Gasteiger partial charge in [0, 0.05) is 51.0 Å². The highest BCUT2D eigenvalue weighted by atomic mass is 16.5. The predicted molar refractivity (Wildman–Crippen MR) is 154 cm³/mol. The minimum Gasteiger partial charge on any atom is -0.497 e. The monoisotopic (exact) mass is 506 g/mol. The molecule has 0 saturated carbocycles. The molecule has 0 saturated heterocycles. The number of carbonyl (C=O) groups excluding carboxylic acids is 1. The third-order valence-corrected chi connectivity index (χ3v) is 7.53. The Balaban J connectivity index is 1.76. The van der Waals surface area contributed by atoms with Gasteiger partial charge in [-0.1, -0.05) is 54.6 Å². The summed E-state index contributed by atoms with van der Waals surface area (Å²) in [5, 5.41) is 0. The van der Waals surface area contributed by atoms with Crippen LogP contribution >= 0.6 is 0 Å². The summed E-state index contributed by atoms with van der Waals surface area (Å²) >= 11 is 0. The van der Waals surface area contributed by atoms with Crippen molar-refractivity contribution < 1.29 is 14.3 Å². The fraction of sp³-hybridized carbons (Fsp3) is 0.242. The van der Waals surface area contributed by atoms with Gasteiger partial charge in [-0.3, -0.25) is 4.79 Å². The van der Waals surface area contributed by atoms with E-state index >= 15 is 0 Å². The second-order valence-electron chi connectivity index (χ2n) is 10.3. The molecule has 1 atom stereocenters. The molecule has 1 aliphatic heterocycles. The molecule has 0 N–H and O–H groups in total. The van der Waals surface area contributed by atoms with Crippen molar-refractivity contribution in [3.63, 3.8) is 0 Å². The third kappa shape index (κ3) is 4.49. The molecule has 194 valence electrons. The number of hydrogen-bond donors (Lipinski definition) is 0. The highest BCUT2D eigenvalue weighted by molar-refractivity contribution is 5.93. The van der Waals surface area contributed by atoms with Crippen molar-refractivity contribution in [2.75, 3.05) is 45.1 Å². The van der Waals surface area contributed by atoms with Crippen LogP contribution in [0.4, 0.5) is 11.4 Å². The second-order valence-corrected chi connectivity index (χ2v) is 10.3. The summed E-state index contributed by atoms with van der Waals surface area (Å²) in [7, 11) is 9.78. The molecular weight excluding hydrogens is 472 g/mol. The molecule has 5 nitrogen and oxygen atoms in total. The van der Waals surface area contributed by atoms with Crippen LogP contribution in [0.1, 0.15) is 28.2 Å². The van der Waals surface area contributed by atoms with Crippen molar-refractivity contribution >= 4 is 17.3 Å². The summed E-state index contributed by atoms with van der Waals surface area (Å²) in [6, 6.07) is 32.8. The number of esters is 1. The Morgan fingerprint density at radius 3 is 1.89 bits per heavy atom. The van der Waals surface area contributed by atoms with Crippen molar-refractivity contribution in [3.8, 4) is 11.5 Å². The first-order valence-electron chi connectivity index (χ1n) is 12.8. The summed E-state index contributed by atoms with van der Waals surface area (Å²) in [5.41, 5.74) is 5.28. The smallest absolute Gasteiger partial charge is 0.323 e. The number of para-hydroxylation sites is 1. The zero-order valence-electron chi connectivity index (χ0n) is 22.6. The summed E-state index contributed by atoms with van der Waals surface area (Å²) < 4.78 is 11.5. The molecule has 5 rings (SSSR count). The van der Waals surface area contributed by atoms with Crippen LogP contribution in [0.3, 0.4) is 0 Å². The molecule has 1 heterocycles. The average molecular weight is 507 g/mol. The van der Waals surface area contributed by atoms with Crippen LogP contribution in [0.5, 0.6) is 11.5 Å². The molecule has 0 unspecified atom stereocenters. The summed E-state index contributed by atoms with van der Waals surface area (Å²) in [6.07, 6.45) is 0.468. The number of methoxy groups -OCH3 is 1. The fourth-order valence-electron chi connectivity index (χ4n) is 5.56. The number of carbonyl (C=O) groups is 1. The van der Waals surface area contributed by atoms with Crippen LogP contribution < -0.4 is 19.3 Å². The Kier molecular flexibility index (Phi) is 6.85. The molecule has 38 heavy (non-hydrogen) atoms. The van der Waals surface area contributed by atoms with Crippen molar-refractivity contribution in [2.24, 2.45) is 0 Å². The third-order valence-electron chi connectivity index (χ3n) is 7.53. The van der Waals surface area contributed by atoms with Gasteiger partial charge in [-0.2, -0.15) is 0 Å². The van der Waals surface area contributed by atoms with Gasteiger partial charge in [0.05, 0.1) is 7.11 Å².